The van der Waals surface area contributed by atoms with Crippen molar-refractivity contribution in [1.29, 1.82) is 0 Å². The molecule has 0 radical (unpaired) electrons. The summed E-state index contributed by atoms with van der Waals surface area (Å²) in [4.78, 5) is 58.1. The van der Waals surface area contributed by atoms with Crippen LogP contribution in [-0.2, 0) is 32.1 Å². The third-order valence-electron chi connectivity index (χ3n) is 6.44. The Morgan fingerprint density at radius 1 is 1.14 bits per heavy atom. The van der Waals surface area contributed by atoms with Crippen LogP contribution in [0.1, 0.15) is 31.0 Å². The lowest BCUT2D eigenvalue weighted by Gasteiger charge is -2.29. The van der Waals surface area contributed by atoms with E-state index in [9.17, 15) is 19.2 Å². The van der Waals surface area contributed by atoms with Gasteiger partial charge in [0.1, 0.15) is 12.3 Å². The average Bonchev–Trinajstić information content (AvgIpc) is 3.60. The molecule has 1 aromatic carbocycles. The lowest BCUT2D eigenvalue weighted by Crippen LogP contribution is -2.40. The molecule has 12 nitrogen and oxygen atoms in total. The fraction of sp³-hybridized carbons (Fsp3) is 0.440. The molecule has 194 valence electrons. The topological polar surface area (TPSA) is 135 Å². The molecule has 2 aromatic rings. The van der Waals surface area contributed by atoms with Gasteiger partial charge in [0, 0.05) is 6.54 Å². The van der Waals surface area contributed by atoms with Gasteiger partial charge < -0.3 is 18.9 Å². The van der Waals surface area contributed by atoms with E-state index >= 15 is 0 Å². The second-order valence-corrected chi connectivity index (χ2v) is 9.15. The first kappa shape index (κ1) is 24.6. The highest BCUT2D eigenvalue weighted by Gasteiger charge is 2.46. The molecule has 12 heteroatoms. The second-order valence-electron chi connectivity index (χ2n) is 9.15. The average molecular weight is 510 g/mol. The van der Waals surface area contributed by atoms with Gasteiger partial charge in [-0.2, -0.15) is 4.98 Å². The smallest absolute Gasteiger partial charge is 0.334 e. The van der Waals surface area contributed by atoms with Crippen LogP contribution >= 0.6 is 0 Å². The van der Waals surface area contributed by atoms with Crippen molar-refractivity contribution in [1.82, 2.24) is 19.9 Å². The first-order valence-corrected chi connectivity index (χ1v) is 12.1. The maximum Gasteiger partial charge on any atom is 0.334 e. The number of anilines is 1. The van der Waals surface area contributed by atoms with Crippen LogP contribution in [0.15, 0.2) is 40.9 Å². The normalized spacial score (nSPS) is 19.6. The Kier molecular flexibility index (Phi) is 6.99. The largest absolute Gasteiger partial charge is 0.495 e. The Morgan fingerprint density at radius 2 is 1.92 bits per heavy atom. The van der Waals surface area contributed by atoms with Crippen molar-refractivity contribution in [3.63, 3.8) is 0 Å². The molecule has 1 saturated heterocycles. The SMILES string of the molecule is COc1ccccc1N(C[C@H]1CC=CCO1)C(=O)Cc1noc(CN2C(=O)C(=O)N(CC3CC3)C2=O)n1. The summed E-state index contributed by atoms with van der Waals surface area (Å²) in [6, 6.07) is 6.48. The molecular formula is C25H27N5O7. The van der Waals surface area contributed by atoms with E-state index in [0.29, 0.717) is 31.0 Å². The highest BCUT2D eigenvalue weighted by Crippen LogP contribution is 2.32. The minimum atomic E-state index is -0.926. The first-order valence-electron chi connectivity index (χ1n) is 12.1. The van der Waals surface area contributed by atoms with Crippen molar-refractivity contribution >= 4 is 29.4 Å². The van der Waals surface area contributed by atoms with Gasteiger partial charge in [0.25, 0.3) is 0 Å². The maximum absolute atomic E-state index is 13.4. The van der Waals surface area contributed by atoms with E-state index in [1.54, 1.807) is 17.0 Å². The van der Waals surface area contributed by atoms with Crippen LogP contribution in [0, 0.1) is 5.92 Å². The fourth-order valence-corrected chi connectivity index (χ4v) is 4.30. The molecule has 0 N–H and O–H groups in total. The number of methoxy groups -OCH3 is 1. The van der Waals surface area contributed by atoms with Crippen molar-refractivity contribution in [2.24, 2.45) is 5.92 Å². The number of aromatic nitrogens is 2. The number of carbonyl (C=O) groups is 4. The molecule has 3 aliphatic rings. The van der Waals surface area contributed by atoms with E-state index in [4.69, 9.17) is 14.0 Å². The highest BCUT2D eigenvalue weighted by molar-refractivity contribution is 6.44. The molecule has 0 spiro atoms. The fourth-order valence-electron chi connectivity index (χ4n) is 4.30. The van der Waals surface area contributed by atoms with E-state index in [0.717, 1.165) is 22.6 Å². The van der Waals surface area contributed by atoms with Gasteiger partial charge in [0.15, 0.2) is 5.82 Å². The zero-order valence-electron chi connectivity index (χ0n) is 20.4. The zero-order chi connectivity index (χ0) is 25.9. The molecule has 2 fully saturated rings. The number of rotatable bonds is 10. The van der Waals surface area contributed by atoms with Crippen LogP contribution in [0.2, 0.25) is 0 Å². The number of hydrogen-bond acceptors (Lipinski definition) is 9. The van der Waals surface area contributed by atoms with Crippen LogP contribution in [0.25, 0.3) is 0 Å². The van der Waals surface area contributed by atoms with Gasteiger partial charge >= 0.3 is 17.8 Å². The van der Waals surface area contributed by atoms with Gasteiger partial charge in [-0.25, -0.2) is 9.69 Å². The van der Waals surface area contributed by atoms with Crippen molar-refractivity contribution in [2.45, 2.75) is 38.3 Å². The van der Waals surface area contributed by atoms with Crippen molar-refractivity contribution in [3.05, 3.63) is 48.1 Å². The molecule has 0 bridgehead atoms. The maximum atomic E-state index is 13.4. The van der Waals surface area contributed by atoms with Crippen LogP contribution in [0.5, 0.6) is 5.75 Å². The predicted octanol–water partition coefficient (Wildman–Crippen LogP) is 1.70. The standard InChI is InChI=1S/C25H27N5O7/c1-35-19-8-3-2-7-18(19)28(14-17-6-4-5-11-36-17)22(31)12-20-26-21(37-27-20)15-30-24(33)23(32)29(25(30)34)13-16-9-10-16/h2-5,7-8,16-17H,6,9-15H2,1H3/t17-/m1/s1. The number of para-hydroxylation sites is 2. The molecule has 5 rings (SSSR count). The first-order chi connectivity index (χ1) is 17.9. The van der Waals surface area contributed by atoms with Gasteiger partial charge in [-0.3, -0.25) is 19.3 Å². The Hall–Kier alpha value is -4.06. The van der Waals surface area contributed by atoms with Crippen LogP contribution < -0.4 is 9.64 Å². The molecule has 0 unspecified atom stereocenters. The van der Waals surface area contributed by atoms with E-state index in [-0.39, 0.29) is 49.2 Å². The van der Waals surface area contributed by atoms with Crippen molar-refractivity contribution in [2.75, 3.05) is 31.7 Å². The quantitative estimate of drug-likeness (QED) is 0.266. The summed E-state index contributed by atoms with van der Waals surface area (Å²) in [5, 5.41) is 3.86. The molecule has 37 heavy (non-hydrogen) atoms. The molecule has 1 saturated carbocycles. The number of carbonyl (C=O) groups excluding carboxylic acids is 4. The highest BCUT2D eigenvalue weighted by atomic mass is 16.5. The number of benzene rings is 1. The lowest BCUT2D eigenvalue weighted by molar-refractivity contribution is -0.143. The third-order valence-corrected chi connectivity index (χ3v) is 6.44. The minimum absolute atomic E-state index is 0.0461. The van der Waals surface area contributed by atoms with Crippen molar-refractivity contribution in [3.8, 4) is 5.75 Å². The summed E-state index contributed by atoms with van der Waals surface area (Å²) in [5.41, 5.74) is 0.583. The number of urea groups is 1. The summed E-state index contributed by atoms with van der Waals surface area (Å²) in [5.74, 6) is -1.26. The minimum Gasteiger partial charge on any atom is -0.495 e. The summed E-state index contributed by atoms with van der Waals surface area (Å²) in [6.07, 6.45) is 6.09. The lowest BCUT2D eigenvalue weighted by atomic mass is 10.1. The number of imide groups is 2. The van der Waals surface area contributed by atoms with Crippen LogP contribution in [0.4, 0.5) is 10.5 Å². The van der Waals surface area contributed by atoms with E-state index in [1.165, 1.54) is 7.11 Å². The Balaban J connectivity index is 1.28. The third kappa shape index (κ3) is 5.38. The van der Waals surface area contributed by atoms with Gasteiger partial charge in [-0.15, -0.1) is 0 Å². The van der Waals surface area contributed by atoms with E-state index < -0.39 is 17.8 Å². The van der Waals surface area contributed by atoms with Crippen LogP contribution in [-0.4, -0.2) is 76.6 Å². The zero-order valence-corrected chi connectivity index (χ0v) is 20.4. The van der Waals surface area contributed by atoms with Gasteiger partial charge in [0.2, 0.25) is 11.8 Å². The summed E-state index contributed by atoms with van der Waals surface area (Å²) in [6.45, 7) is 0.665. The van der Waals surface area contributed by atoms with Crippen molar-refractivity contribution < 1.29 is 33.2 Å². The Labute approximate surface area is 212 Å². The summed E-state index contributed by atoms with van der Waals surface area (Å²) < 4.78 is 16.4. The number of ether oxygens (including phenoxy) is 2. The predicted molar refractivity (Wildman–Crippen MR) is 127 cm³/mol. The van der Waals surface area contributed by atoms with Gasteiger partial charge in [-0.05, 0) is 37.3 Å². The molecular weight excluding hydrogens is 482 g/mol. The summed E-state index contributed by atoms with van der Waals surface area (Å²) in [7, 11) is 1.53. The molecule has 1 aromatic heterocycles. The van der Waals surface area contributed by atoms with Gasteiger partial charge in [-0.1, -0.05) is 29.4 Å². The monoisotopic (exact) mass is 509 g/mol. The van der Waals surface area contributed by atoms with E-state index in [2.05, 4.69) is 10.1 Å². The number of hydrogen-bond donors (Lipinski definition) is 0. The molecule has 3 heterocycles. The molecule has 5 amide bonds. The number of amides is 5. The summed E-state index contributed by atoms with van der Waals surface area (Å²) >= 11 is 0. The second kappa shape index (κ2) is 10.5. The van der Waals surface area contributed by atoms with Gasteiger partial charge in [0.05, 0.1) is 38.5 Å². The van der Waals surface area contributed by atoms with Crippen LogP contribution in [0.3, 0.4) is 0 Å². The van der Waals surface area contributed by atoms with E-state index in [1.807, 2.05) is 24.3 Å². The molecule has 1 atom stereocenters. The molecule has 1 aliphatic carbocycles. The Bertz CT molecular complexity index is 1240. The number of nitrogens with zero attached hydrogens (tertiary/aromatic N) is 5. The molecule has 2 aliphatic heterocycles. The Morgan fingerprint density at radius 3 is 2.65 bits per heavy atom.